The Balaban J connectivity index is 1.22. The third-order valence-electron chi connectivity index (χ3n) is 6.81. The van der Waals surface area contributed by atoms with E-state index in [9.17, 15) is 19.8 Å². The van der Waals surface area contributed by atoms with Gasteiger partial charge in [-0.2, -0.15) is 0 Å². The molecule has 1 aliphatic heterocycles. The average molecular weight is 443 g/mol. The van der Waals surface area contributed by atoms with Gasteiger partial charge < -0.3 is 19.8 Å². The Bertz CT molecular complexity index is 1170. The Morgan fingerprint density at radius 3 is 2.12 bits per heavy atom. The van der Waals surface area contributed by atoms with E-state index in [0.29, 0.717) is 32.5 Å². The van der Waals surface area contributed by atoms with Crippen LogP contribution in [0.25, 0.3) is 11.1 Å². The highest BCUT2D eigenvalue weighted by atomic mass is 16.6. The fourth-order valence-electron chi connectivity index (χ4n) is 5.06. The van der Waals surface area contributed by atoms with Crippen LogP contribution in [0.2, 0.25) is 0 Å². The van der Waals surface area contributed by atoms with E-state index >= 15 is 0 Å². The zero-order valence-corrected chi connectivity index (χ0v) is 18.1. The highest BCUT2D eigenvalue weighted by Gasteiger charge is 2.31. The van der Waals surface area contributed by atoms with Crippen LogP contribution in [0.4, 0.5) is 4.79 Å². The fourth-order valence-corrected chi connectivity index (χ4v) is 5.06. The Labute approximate surface area is 192 Å². The molecule has 2 aliphatic rings. The van der Waals surface area contributed by atoms with Crippen LogP contribution >= 0.6 is 0 Å². The third kappa shape index (κ3) is 3.93. The lowest BCUT2D eigenvalue weighted by Crippen LogP contribution is -2.38. The molecule has 0 radical (unpaired) electrons. The van der Waals surface area contributed by atoms with Crippen molar-refractivity contribution in [1.82, 2.24) is 4.90 Å². The molecule has 1 aliphatic carbocycles. The molecule has 1 saturated heterocycles. The number of hydrogen-bond donors (Lipinski definition) is 2. The number of aromatic hydroxyl groups is 1. The Kier molecular flexibility index (Phi) is 5.50. The topological polar surface area (TPSA) is 87.1 Å². The molecule has 0 bridgehead atoms. The minimum absolute atomic E-state index is 0.0327. The van der Waals surface area contributed by atoms with Gasteiger partial charge in [0.15, 0.2) is 0 Å². The van der Waals surface area contributed by atoms with Crippen molar-refractivity contribution in [1.29, 1.82) is 0 Å². The second kappa shape index (κ2) is 8.62. The third-order valence-corrected chi connectivity index (χ3v) is 6.81. The van der Waals surface area contributed by atoms with Crippen LogP contribution in [0.1, 0.15) is 51.7 Å². The number of rotatable bonds is 4. The van der Waals surface area contributed by atoms with Crippen LogP contribution < -0.4 is 0 Å². The number of aromatic carboxylic acids is 1. The van der Waals surface area contributed by atoms with Gasteiger partial charge in [-0.1, -0.05) is 54.6 Å². The summed E-state index contributed by atoms with van der Waals surface area (Å²) in [4.78, 5) is 25.8. The summed E-state index contributed by atoms with van der Waals surface area (Å²) < 4.78 is 5.76. The van der Waals surface area contributed by atoms with E-state index in [1.807, 2.05) is 24.3 Å². The standard InChI is InChI=1S/C27H25NO5/c29-25-10-9-18(15-23(25)26(30)31)17-11-13-28(14-12-17)27(32)33-16-24-21-7-3-1-5-19(21)20-6-2-4-8-22(20)24/h1-10,15,17,24,29H,11-14,16H2,(H,30,31). The molecule has 3 aromatic carbocycles. The van der Waals surface area contributed by atoms with E-state index < -0.39 is 5.97 Å². The number of carboxylic acid groups (broad SMARTS) is 1. The number of hydrogen-bond acceptors (Lipinski definition) is 4. The van der Waals surface area contributed by atoms with Gasteiger partial charge in [-0.05, 0) is 58.7 Å². The van der Waals surface area contributed by atoms with E-state index in [-0.39, 0.29) is 29.2 Å². The molecule has 0 unspecified atom stereocenters. The number of carbonyl (C=O) groups is 2. The molecular weight excluding hydrogens is 418 g/mol. The second-order valence-electron chi connectivity index (χ2n) is 8.65. The smallest absolute Gasteiger partial charge is 0.409 e. The lowest BCUT2D eigenvalue weighted by Gasteiger charge is -2.32. The van der Waals surface area contributed by atoms with Crippen molar-refractivity contribution < 1.29 is 24.5 Å². The molecule has 0 saturated carbocycles. The van der Waals surface area contributed by atoms with Crippen molar-refractivity contribution in [3.05, 3.63) is 89.0 Å². The Morgan fingerprint density at radius 2 is 1.52 bits per heavy atom. The summed E-state index contributed by atoms with van der Waals surface area (Å²) in [5.74, 6) is -1.21. The Hall–Kier alpha value is -3.80. The first kappa shape index (κ1) is 21.1. The molecule has 33 heavy (non-hydrogen) atoms. The van der Waals surface area contributed by atoms with Gasteiger partial charge in [0.25, 0.3) is 0 Å². The van der Waals surface area contributed by atoms with Gasteiger partial charge in [-0.3, -0.25) is 0 Å². The quantitative estimate of drug-likeness (QED) is 0.577. The molecule has 0 aromatic heterocycles. The molecule has 6 nitrogen and oxygen atoms in total. The predicted molar refractivity (Wildman–Crippen MR) is 124 cm³/mol. The van der Waals surface area contributed by atoms with Crippen molar-refractivity contribution >= 4 is 12.1 Å². The first-order chi connectivity index (χ1) is 16.0. The van der Waals surface area contributed by atoms with Gasteiger partial charge in [0.1, 0.15) is 17.9 Å². The fraction of sp³-hybridized carbons (Fsp3) is 0.259. The van der Waals surface area contributed by atoms with Crippen LogP contribution in [0.3, 0.4) is 0 Å². The second-order valence-corrected chi connectivity index (χ2v) is 8.65. The largest absolute Gasteiger partial charge is 0.507 e. The lowest BCUT2D eigenvalue weighted by atomic mass is 9.88. The molecule has 5 rings (SSSR count). The monoisotopic (exact) mass is 443 g/mol. The van der Waals surface area contributed by atoms with Crippen molar-refractivity contribution in [2.45, 2.75) is 24.7 Å². The molecular formula is C27H25NO5. The molecule has 1 heterocycles. The maximum Gasteiger partial charge on any atom is 0.409 e. The van der Waals surface area contributed by atoms with E-state index in [1.165, 1.54) is 34.4 Å². The molecule has 3 aromatic rings. The summed E-state index contributed by atoms with van der Waals surface area (Å²) in [6.45, 7) is 1.39. The summed E-state index contributed by atoms with van der Waals surface area (Å²) in [7, 11) is 0. The molecule has 1 fully saturated rings. The normalized spacial score (nSPS) is 15.7. The van der Waals surface area contributed by atoms with Gasteiger partial charge in [0.05, 0.1) is 0 Å². The van der Waals surface area contributed by atoms with Crippen LogP contribution in [0.5, 0.6) is 5.75 Å². The first-order valence-electron chi connectivity index (χ1n) is 11.2. The van der Waals surface area contributed by atoms with Crippen LogP contribution in [-0.2, 0) is 4.74 Å². The zero-order valence-electron chi connectivity index (χ0n) is 18.1. The number of piperidine rings is 1. The SMILES string of the molecule is O=C(O)c1cc(C2CCN(C(=O)OCC3c4ccccc4-c4ccccc43)CC2)ccc1O. The summed E-state index contributed by atoms with van der Waals surface area (Å²) in [6, 6.07) is 21.2. The van der Waals surface area contributed by atoms with Crippen LogP contribution in [-0.4, -0.2) is 46.9 Å². The number of fused-ring (bicyclic) bond motifs is 3. The summed E-state index contributed by atoms with van der Waals surface area (Å²) in [6.07, 6.45) is 1.12. The highest BCUT2D eigenvalue weighted by Crippen LogP contribution is 2.44. The summed E-state index contributed by atoms with van der Waals surface area (Å²) >= 11 is 0. The van der Waals surface area contributed by atoms with Gasteiger partial charge in [-0.15, -0.1) is 0 Å². The summed E-state index contributed by atoms with van der Waals surface area (Å²) in [5.41, 5.74) is 5.55. The highest BCUT2D eigenvalue weighted by molar-refractivity contribution is 5.91. The molecule has 1 amide bonds. The van der Waals surface area contributed by atoms with E-state index in [4.69, 9.17) is 4.74 Å². The maximum absolute atomic E-state index is 12.8. The first-order valence-corrected chi connectivity index (χ1v) is 11.2. The van der Waals surface area contributed by atoms with Crippen LogP contribution in [0.15, 0.2) is 66.7 Å². The number of ether oxygens (including phenoxy) is 1. The van der Waals surface area contributed by atoms with E-state index in [0.717, 1.165) is 5.56 Å². The molecule has 2 N–H and O–H groups in total. The lowest BCUT2D eigenvalue weighted by molar-refractivity contribution is 0.0693. The minimum atomic E-state index is -1.15. The van der Waals surface area contributed by atoms with Gasteiger partial charge in [0, 0.05) is 19.0 Å². The van der Waals surface area contributed by atoms with Crippen molar-refractivity contribution in [2.75, 3.05) is 19.7 Å². The van der Waals surface area contributed by atoms with Gasteiger partial charge >= 0.3 is 12.1 Å². The zero-order chi connectivity index (χ0) is 22.9. The number of nitrogens with zero attached hydrogens (tertiary/aromatic N) is 1. The van der Waals surface area contributed by atoms with Crippen molar-refractivity contribution in [3.63, 3.8) is 0 Å². The average Bonchev–Trinajstić information content (AvgIpc) is 3.16. The maximum atomic E-state index is 12.8. The predicted octanol–water partition coefficient (Wildman–Crippen LogP) is 5.22. The number of carboxylic acids is 1. The minimum Gasteiger partial charge on any atom is -0.507 e. The van der Waals surface area contributed by atoms with Crippen molar-refractivity contribution in [3.8, 4) is 16.9 Å². The molecule has 0 atom stereocenters. The molecule has 6 heteroatoms. The van der Waals surface area contributed by atoms with Gasteiger partial charge in [0.2, 0.25) is 0 Å². The number of phenols is 1. The van der Waals surface area contributed by atoms with Crippen LogP contribution in [0, 0.1) is 0 Å². The van der Waals surface area contributed by atoms with Gasteiger partial charge in [-0.25, -0.2) is 9.59 Å². The number of likely N-dealkylation sites (tertiary alicyclic amines) is 1. The molecule has 168 valence electrons. The number of amides is 1. The number of carbonyl (C=O) groups excluding carboxylic acids is 1. The van der Waals surface area contributed by atoms with E-state index in [1.54, 1.807) is 11.0 Å². The number of benzene rings is 3. The Morgan fingerprint density at radius 1 is 0.909 bits per heavy atom. The van der Waals surface area contributed by atoms with Crippen molar-refractivity contribution in [2.24, 2.45) is 0 Å². The molecule has 0 spiro atoms. The van der Waals surface area contributed by atoms with E-state index in [2.05, 4.69) is 24.3 Å². The summed E-state index contributed by atoms with van der Waals surface area (Å²) in [5, 5.41) is 19.0.